The molecule has 2 aliphatic heterocycles. The van der Waals surface area contributed by atoms with Gasteiger partial charge in [0, 0.05) is 58.4 Å². The summed E-state index contributed by atoms with van der Waals surface area (Å²) in [6.07, 6.45) is 3.33. The first-order valence-electron chi connectivity index (χ1n) is 26.9. The summed E-state index contributed by atoms with van der Waals surface area (Å²) in [5.41, 5.74) is 3.22. The lowest BCUT2D eigenvalue weighted by molar-refractivity contribution is -0.172. The van der Waals surface area contributed by atoms with Crippen LogP contribution in [0.25, 0.3) is 22.3 Å². The molecule has 9 rings (SSSR count). The zero-order valence-electron chi connectivity index (χ0n) is 46.8. The fraction of sp³-hybridized carbons (Fsp3) is 0.293. The standard InChI is InChI=1S/C38H47N9O9S3.C20H16N2O4/c1-5-16-40-37(52)42-27-9-7-11-31(18-27)59(55,56)46-28-10-6-8-25(17-28)32(20-34(49)50)47-58(53,54)30-14-12-26(13-15-30)43-38(57)44-33(19-29-21-39-22-41-29)36(51)45-35(23(2)3)24(4)48;1-2-20(25)14-8-16-17-12(7-11-5-3-4-6-15(11)21-17)9-22(16)18(23)13(14)10-26-19(20)24/h6-15,17-18,21-23,32-33,35,46-47H,5,16,19-20H2,1-4H3,(H,39,41)(H,45,51)(H,49,50)(H2,40,42,52)(H2,43,44,57);3-8,25H,2,9-10H2,1H3/t32?,33-,35-;20-/m00/s1. The molecule has 2 aliphatic rings. The molecule has 3 aromatic heterocycles. The number of ketones is 1. The van der Waals surface area contributed by atoms with Crippen molar-refractivity contribution in [2.75, 3.05) is 21.9 Å². The van der Waals surface area contributed by atoms with E-state index in [0.29, 0.717) is 47.7 Å². The van der Waals surface area contributed by atoms with Crippen molar-refractivity contribution in [2.24, 2.45) is 5.92 Å². The number of H-pyrrole nitrogens is 1. The molecule has 10 N–H and O–H groups in total. The molecule has 4 aromatic carbocycles. The molecule has 3 amide bonds. The van der Waals surface area contributed by atoms with Gasteiger partial charge in [-0.2, -0.15) is 0 Å². The number of nitrogens with zero attached hydrogens (tertiary/aromatic N) is 3. The van der Waals surface area contributed by atoms with E-state index in [2.05, 4.69) is 46.0 Å². The van der Waals surface area contributed by atoms with E-state index in [1.54, 1.807) is 23.8 Å². The summed E-state index contributed by atoms with van der Waals surface area (Å²) >= 11 is 5.46. The Bertz CT molecular complexity index is 3990. The first-order chi connectivity index (χ1) is 40.4. The first-order valence-corrected chi connectivity index (χ1v) is 30.3. The fourth-order valence-electron chi connectivity index (χ4n) is 9.63. The minimum absolute atomic E-state index is 0.0264. The number of Topliss-reactive ketones (excluding diaryl/α,β-unsaturated/α-hetero) is 1. The zero-order chi connectivity index (χ0) is 61.4. The maximum atomic E-state index is 13.6. The summed E-state index contributed by atoms with van der Waals surface area (Å²) in [5.74, 6) is -2.86. The molecule has 24 nitrogen and oxygen atoms in total. The number of aliphatic hydroxyl groups is 1. The predicted molar refractivity (Wildman–Crippen MR) is 320 cm³/mol. The van der Waals surface area contributed by atoms with Crippen LogP contribution in [0.1, 0.15) is 87.9 Å². The second kappa shape index (κ2) is 26.4. The zero-order valence-corrected chi connectivity index (χ0v) is 49.2. The van der Waals surface area contributed by atoms with E-state index in [1.807, 2.05) is 51.1 Å². The molecule has 27 heteroatoms. The second-order valence-electron chi connectivity index (χ2n) is 20.5. The van der Waals surface area contributed by atoms with Crippen LogP contribution in [0.3, 0.4) is 0 Å². The number of imidazole rings is 1. The number of urea groups is 1. The molecule has 0 bridgehead atoms. The third-order valence-corrected chi connectivity index (χ3v) is 17.1. The number of hydrogen-bond donors (Lipinski definition) is 10. The van der Waals surface area contributed by atoms with E-state index in [9.17, 15) is 55.8 Å². The molecular formula is C58H63N11O13S3. The van der Waals surface area contributed by atoms with Crippen molar-refractivity contribution in [2.45, 2.75) is 107 Å². The van der Waals surface area contributed by atoms with Gasteiger partial charge in [0.2, 0.25) is 15.9 Å². The SMILES string of the molecule is CCCNC(=O)Nc1cccc(S(=O)(=O)Nc2cccc(C(CC(=O)O)NS(=O)(=O)c3ccc(NC(=S)N[C@@H](Cc4cnc[nH]4)C(=O)N[C@H](C(C)=O)C(C)C)cc3)c2)c1.CC[C@@]1(O)C(=O)OCc2c1cc1n(c2=O)Cc2cc3ccccc3nc2-1. The van der Waals surface area contributed by atoms with Crippen LogP contribution < -0.4 is 41.6 Å². The van der Waals surface area contributed by atoms with Crippen LogP contribution in [0.15, 0.2) is 136 Å². The van der Waals surface area contributed by atoms with Gasteiger partial charge in [-0.1, -0.05) is 64.1 Å². The Morgan fingerprint density at radius 2 is 1.58 bits per heavy atom. The summed E-state index contributed by atoms with van der Waals surface area (Å²) in [4.78, 5) is 85.8. The minimum Gasteiger partial charge on any atom is -0.481 e. The number of benzene rings is 4. The molecule has 7 aromatic rings. The quantitative estimate of drug-likeness (QED) is 0.0294. The van der Waals surface area contributed by atoms with Gasteiger partial charge < -0.3 is 51.1 Å². The van der Waals surface area contributed by atoms with Gasteiger partial charge >= 0.3 is 18.0 Å². The number of cyclic esters (lactones) is 1. The highest BCUT2D eigenvalue weighted by molar-refractivity contribution is 7.92. The van der Waals surface area contributed by atoms with Gasteiger partial charge in [0.15, 0.2) is 16.5 Å². The third-order valence-electron chi connectivity index (χ3n) is 14.0. The van der Waals surface area contributed by atoms with Crippen LogP contribution in [0.2, 0.25) is 0 Å². The number of para-hydroxylation sites is 1. The summed E-state index contributed by atoms with van der Waals surface area (Å²) in [5, 5.41) is 35.4. The number of rotatable bonds is 21. The molecule has 0 saturated heterocycles. The summed E-state index contributed by atoms with van der Waals surface area (Å²) in [6.45, 7) is 9.35. The minimum atomic E-state index is -4.35. The van der Waals surface area contributed by atoms with Crippen LogP contribution in [-0.2, 0) is 69.1 Å². The number of carboxylic acids is 1. The highest BCUT2D eigenvalue weighted by Gasteiger charge is 2.45. The number of ether oxygens (including phenoxy) is 1. The van der Waals surface area contributed by atoms with Crippen LogP contribution in [0.4, 0.5) is 21.9 Å². The van der Waals surface area contributed by atoms with Crippen molar-refractivity contribution < 1.29 is 55.8 Å². The van der Waals surface area contributed by atoms with Crippen molar-refractivity contribution >= 4 is 95.0 Å². The van der Waals surface area contributed by atoms with Crippen molar-refractivity contribution in [3.8, 4) is 11.4 Å². The Labute approximate surface area is 494 Å². The van der Waals surface area contributed by atoms with Crippen LogP contribution in [0.5, 0.6) is 0 Å². The molecule has 1 unspecified atom stereocenters. The summed E-state index contributed by atoms with van der Waals surface area (Å²) in [6, 6.07) is 24.7. The number of carbonyl (C=O) groups is 5. The normalized spacial score (nSPS) is 15.3. The molecule has 85 heavy (non-hydrogen) atoms. The van der Waals surface area contributed by atoms with Gasteiger partial charge in [-0.3, -0.25) is 23.9 Å². The third kappa shape index (κ3) is 14.7. The van der Waals surface area contributed by atoms with Crippen molar-refractivity contribution in [1.29, 1.82) is 0 Å². The summed E-state index contributed by atoms with van der Waals surface area (Å²) in [7, 11) is -8.56. The molecule has 446 valence electrons. The van der Waals surface area contributed by atoms with Gasteiger partial charge in [0.25, 0.3) is 15.6 Å². The number of aliphatic carboxylic acids is 1. The molecule has 0 spiro atoms. The molecule has 0 aliphatic carbocycles. The van der Waals surface area contributed by atoms with E-state index in [0.717, 1.165) is 22.2 Å². The molecular weight excluding hydrogens is 1150 g/mol. The predicted octanol–water partition coefficient (Wildman–Crippen LogP) is 5.94. The van der Waals surface area contributed by atoms with Crippen molar-refractivity contribution in [3.05, 3.63) is 160 Å². The van der Waals surface area contributed by atoms with Crippen LogP contribution in [0, 0.1) is 5.92 Å². The number of pyridine rings is 2. The topological polar surface area (TPSA) is 351 Å². The Morgan fingerprint density at radius 3 is 2.26 bits per heavy atom. The van der Waals surface area contributed by atoms with E-state index >= 15 is 0 Å². The molecule has 0 fully saturated rings. The van der Waals surface area contributed by atoms with Crippen LogP contribution in [-0.4, -0.2) is 100.0 Å². The molecule has 0 radical (unpaired) electrons. The number of hydrogen-bond acceptors (Lipinski definition) is 15. The molecule has 5 heterocycles. The second-order valence-corrected chi connectivity index (χ2v) is 24.3. The van der Waals surface area contributed by atoms with Gasteiger partial charge in [-0.25, -0.2) is 41.1 Å². The number of sulfonamides is 2. The van der Waals surface area contributed by atoms with Gasteiger partial charge in [0.1, 0.15) is 12.6 Å². The van der Waals surface area contributed by atoms with E-state index in [4.69, 9.17) is 21.9 Å². The number of thiocarbonyl (C=S) groups is 1. The number of aromatic nitrogens is 4. The Hall–Kier alpha value is -8.89. The number of esters is 1. The number of anilines is 3. The van der Waals surface area contributed by atoms with Crippen molar-refractivity contribution in [1.82, 2.24) is 40.2 Å². The number of amides is 3. The lowest BCUT2D eigenvalue weighted by Gasteiger charge is -2.31. The number of carboxylic acid groups (broad SMARTS) is 1. The average Bonchev–Trinajstić information content (AvgIpc) is 1.74. The molecule has 0 saturated carbocycles. The van der Waals surface area contributed by atoms with E-state index < -0.39 is 74.1 Å². The smallest absolute Gasteiger partial charge is 0.343 e. The lowest BCUT2D eigenvalue weighted by atomic mass is 9.86. The Morgan fingerprint density at radius 1 is 0.847 bits per heavy atom. The first kappa shape index (κ1) is 62.2. The van der Waals surface area contributed by atoms with Crippen molar-refractivity contribution in [3.63, 3.8) is 0 Å². The fourth-order valence-corrected chi connectivity index (χ4v) is 12.2. The van der Waals surface area contributed by atoms with Gasteiger partial charge in [0.05, 0.1) is 63.6 Å². The highest BCUT2D eigenvalue weighted by Crippen LogP contribution is 2.39. The Kier molecular flexibility index (Phi) is 19.3. The number of nitrogens with one attached hydrogen (secondary N) is 8. The maximum absolute atomic E-state index is 13.6. The number of carbonyl (C=O) groups excluding carboxylic acids is 4. The molecule has 4 atom stereocenters. The number of aromatic amines is 1. The van der Waals surface area contributed by atoms with Gasteiger partial charge in [-0.05, 0) is 116 Å². The largest absolute Gasteiger partial charge is 0.481 e. The maximum Gasteiger partial charge on any atom is 0.343 e. The Balaban J connectivity index is 0.000000296. The summed E-state index contributed by atoms with van der Waals surface area (Å²) < 4.78 is 65.3. The van der Waals surface area contributed by atoms with E-state index in [1.165, 1.54) is 86.0 Å². The van der Waals surface area contributed by atoms with Crippen LogP contribution >= 0.6 is 12.2 Å². The average molecular weight is 1220 g/mol. The number of fused-ring (bicyclic) bond motifs is 5. The lowest BCUT2D eigenvalue weighted by Crippen LogP contribution is -2.54. The monoisotopic (exact) mass is 1220 g/mol. The van der Waals surface area contributed by atoms with Gasteiger partial charge in [-0.15, -0.1) is 0 Å². The highest BCUT2D eigenvalue weighted by atomic mass is 32.2. The van der Waals surface area contributed by atoms with E-state index in [-0.39, 0.29) is 68.6 Å².